The highest BCUT2D eigenvalue weighted by Gasteiger charge is 2.26. The van der Waals surface area contributed by atoms with Crippen LogP contribution in [0.5, 0.6) is 0 Å². The molecule has 0 atom stereocenters. The fraction of sp³-hybridized carbons (Fsp3) is 0.292. The van der Waals surface area contributed by atoms with E-state index in [0.29, 0.717) is 22.7 Å². The topological polar surface area (TPSA) is 59.5 Å². The maximum Gasteiger partial charge on any atom is 0.339 e. The molecule has 5 nitrogen and oxygen atoms in total. The van der Waals surface area contributed by atoms with Gasteiger partial charge in [-0.1, -0.05) is 48.3 Å². The second-order valence-corrected chi connectivity index (χ2v) is 8.40. The number of hydrogen-bond donors (Lipinski definition) is 0. The molecule has 0 bridgehead atoms. The van der Waals surface area contributed by atoms with Gasteiger partial charge < -0.3 is 4.74 Å². The first-order valence-corrected chi connectivity index (χ1v) is 11.0. The summed E-state index contributed by atoms with van der Waals surface area (Å²) in [5.74, 6) is -0.853. The van der Waals surface area contributed by atoms with Crippen LogP contribution < -0.4 is 0 Å². The first-order valence-electron chi connectivity index (χ1n) is 10.3. The van der Waals surface area contributed by atoms with Gasteiger partial charge in [0.15, 0.2) is 12.4 Å². The number of fused-ring (bicyclic) bond motifs is 2. The molecule has 2 heterocycles. The van der Waals surface area contributed by atoms with Crippen LogP contribution in [0.1, 0.15) is 45.3 Å². The third kappa shape index (κ3) is 4.59. The lowest BCUT2D eigenvalue weighted by molar-refractivity contribution is 0.0474. The molecule has 0 amide bonds. The van der Waals surface area contributed by atoms with Crippen LogP contribution in [-0.4, -0.2) is 41.3 Å². The molecular weight excluding hydrogens is 435 g/mol. The van der Waals surface area contributed by atoms with Gasteiger partial charge in [-0.2, -0.15) is 0 Å². The fourth-order valence-electron chi connectivity index (χ4n) is 3.94. The van der Waals surface area contributed by atoms with E-state index in [0.717, 1.165) is 48.1 Å². The predicted octanol–water partition coefficient (Wildman–Crippen LogP) is 5.35. The highest BCUT2D eigenvalue weighted by Crippen LogP contribution is 2.29. The fourth-order valence-corrected chi connectivity index (χ4v) is 4.24. The van der Waals surface area contributed by atoms with Crippen molar-refractivity contribution in [1.82, 2.24) is 9.88 Å². The van der Waals surface area contributed by atoms with Crippen molar-refractivity contribution in [2.24, 2.45) is 0 Å². The van der Waals surface area contributed by atoms with Gasteiger partial charge in [-0.15, -0.1) is 0 Å². The molecule has 4 rings (SSSR count). The lowest BCUT2D eigenvalue weighted by atomic mass is 9.95. The summed E-state index contributed by atoms with van der Waals surface area (Å²) in [6.07, 6.45) is 1.82. The average Bonchev–Trinajstić information content (AvgIpc) is 2.77. The summed E-state index contributed by atoms with van der Waals surface area (Å²) in [4.78, 5) is 32.8. The van der Waals surface area contributed by atoms with E-state index in [1.807, 2.05) is 24.3 Å². The molecule has 0 aliphatic carbocycles. The third-order valence-electron chi connectivity index (χ3n) is 5.45. The zero-order chi connectivity index (χ0) is 22.0. The molecule has 0 saturated heterocycles. The van der Waals surface area contributed by atoms with Crippen LogP contribution in [0, 0.1) is 0 Å². The average molecular weight is 457 g/mol. The highest BCUT2D eigenvalue weighted by molar-refractivity contribution is 6.42. The maximum atomic E-state index is 13.2. The number of rotatable bonds is 6. The van der Waals surface area contributed by atoms with Crippen molar-refractivity contribution in [3.05, 3.63) is 74.9 Å². The van der Waals surface area contributed by atoms with Crippen molar-refractivity contribution < 1.29 is 14.3 Å². The molecule has 0 saturated carbocycles. The number of ether oxygens (including phenoxy) is 1. The Hall–Kier alpha value is -2.47. The summed E-state index contributed by atoms with van der Waals surface area (Å²) in [7, 11) is 0. The Bertz CT molecular complexity index is 1160. The van der Waals surface area contributed by atoms with Gasteiger partial charge in [0.2, 0.25) is 0 Å². The van der Waals surface area contributed by atoms with E-state index in [-0.39, 0.29) is 17.4 Å². The Morgan fingerprint density at radius 3 is 2.71 bits per heavy atom. The van der Waals surface area contributed by atoms with Gasteiger partial charge in [-0.3, -0.25) is 14.7 Å². The van der Waals surface area contributed by atoms with E-state index in [1.54, 1.807) is 12.1 Å². The van der Waals surface area contributed by atoms with Gasteiger partial charge in [-0.05, 0) is 37.2 Å². The third-order valence-corrected chi connectivity index (χ3v) is 6.18. The number of halogens is 2. The number of nitrogens with zero attached hydrogens (tertiary/aromatic N) is 2. The standard InChI is InChI=1S/C24H22Cl2N2O3/c1-2-10-28-11-9-21-17(13-28)23(16-5-3-4-6-20(16)27-21)24(30)31-14-22(29)15-7-8-18(25)19(26)12-15/h3-8,12H,2,9-11,13-14H2,1H3. The van der Waals surface area contributed by atoms with Crippen LogP contribution in [0.2, 0.25) is 10.0 Å². The quantitative estimate of drug-likeness (QED) is 0.369. The van der Waals surface area contributed by atoms with Gasteiger partial charge in [0.1, 0.15) is 0 Å². The molecule has 0 radical (unpaired) electrons. The van der Waals surface area contributed by atoms with Crippen LogP contribution in [0.25, 0.3) is 10.9 Å². The molecule has 1 aliphatic rings. The van der Waals surface area contributed by atoms with Crippen LogP contribution in [-0.2, 0) is 17.7 Å². The number of Topliss-reactive ketones (excluding diaryl/α,β-unsaturated/α-hetero) is 1. The van der Waals surface area contributed by atoms with Crippen molar-refractivity contribution in [3.63, 3.8) is 0 Å². The Morgan fingerprint density at radius 1 is 1.13 bits per heavy atom. The molecule has 31 heavy (non-hydrogen) atoms. The van der Waals surface area contributed by atoms with Crippen molar-refractivity contribution in [2.45, 2.75) is 26.3 Å². The first kappa shape index (κ1) is 21.8. The number of carbonyl (C=O) groups excluding carboxylic acids is 2. The normalized spacial score (nSPS) is 13.8. The summed E-state index contributed by atoms with van der Waals surface area (Å²) in [5.41, 5.74) is 3.42. The number of esters is 1. The zero-order valence-electron chi connectivity index (χ0n) is 17.2. The SMILES string of the molecule is CCCN1CCc2nc3ccccc3c(C(=O)OCC(=O)c3ccc(Cl)c(Cl)c3)c2C1. The Morgan fingerprint density at radius 2 is 1.94 bits per heavy atom. The summed E-state index contributed by atoms with van der Waals surface area (Å²) in [6.45, 7) is 4.28. The minimum absolute atomic E-state index is 0.282. The number of pyridine rings is 1. The zero-order valence-corrected chi connectivity index (χ0v) is 18.7. The van der Waals surface area contributed by atoms with Gasteiger partial charge >= 0.3 is 5.97 Å². The van der Waals surface area contributed by atoms with Crippen molar-refractivity contribution >= 4 is 45.9 Å². The molecule has 0 unspecified atom stereocenters. The van der Waals surface area contributed by atoms with Crippen molar-refractivity contribution in [1.29, 1.82) is 0 Å². The summed E-state index contributed by atoms with van der Waals surface area (Å²) in [6, 6.07) is 12.1. The lowest BCUT2D eigenvalue weighted by Crippen LogP contribution is -2.33. The van der Waals surface area contributed by atoms with E-state index in [4.69, 9.17) is 32.9 Å². The second-order valence-electron chi connectivity index (χ2n) is 7.58. The van der Waals surface area contributed by atoms with Crippen molar-refractivity contribution in [2.75, 3.05) is 19.7 Å². The van der Waals surface area contributed by atoms with E-state index in [9.17, 15) is 9.59 Å². The number of benzene rings is 2. The van der Waals surface area contributed by atoms with E-state index < -0.39 is 5.97 Å². The highest BCUT2D eigenvalue weighted by atomic mass is 35.5. The number of carbonyl (C=O) groups is 2. The summed E-state index contributed by atoms with van der Waals surface area (Å²) >= 11 is 11.9. The van der Waals surface area contributed by atoms with Gasteiger partial charge in [0, 0.05) is 41.7 Å². The molecule has 1 aromatic heterocycles. The van der Waals surface area contributed by atoms with Crippen LogP contribution in [0.4, 0.5) is 0 Å². The number of aromatic nitrogens is 1. The number of para-hydroxylation sites is 1. The van der Waals surface area contributed by atoms with Crippen LogP contribution in [0.15, 0.2) is 42.5 Å². The molecule has 0 spiro atoms. The molecule has 0 N–H and O–H groups in total. The molecule has 3 aromatic rings. The minimum Gasteiger partial charge on any atom is -0.454 e. The van der Waals surface area contributed by atoms with E-state index in [2.05, 4.69) is 11.8 Å². The van der Waals surface area contributed by atoms with Gasteiger partial charge in [0.25, 0.3) is 0 Å². The van der Waals surface area contributed by atoms with Gasteiger partial charge in [-0.25, -0.2) is 4.79 Å². The summed E-state index contributed by atoms with van der Waals surface area (Å²) in [5, 5.41) is 1.39. The Balaban J connectivity index is 1.63. The maximum absolute atomic E-state index is 13.2. The largest absolute Gasteiger partial charge is 0.454 e. The monoisotopic (exact) mass is 456 g/mol. The lowest BCUT2D eigenvalue weighted by Gasteiger charge is -2.29. The number of ketones is 1. The smallest absolute Gasteiger partial charge is 0.339 e. The molecule has 160 valence electrons. The number of hydrogen-bond acceptors (Lipinski definition) is 5. The van der Waals surface area contributed by atoms with Crippen molar-refractivity contribution in [3.8, 4) is 0 Å². The molecular formula is C24H22Cl2N2O3. The predicted molar refractivity (Wildman–Crippen MR) is 122 cm³/mol. The van der Waals surface area contributed by atoms with Crippen LogP contribution >= 0.6 is 23.2 Å². The minimum atomic E-state index is -0.512. The molecule has 7 heteroatoms. The second kappa shape index (κ2) is 9.35. The molecule has 0 fully saturated rings. The van der Waals surface area contributed by atoms with Gasteiger partial charge in [0.05, 0.1) is 21.1 Å². The Kier molecular flexibility index (Phi) is 6.56. The molecule has 1 aliphatic heterocycles. The van der Waals surface area contributed by atoms with E-state index >= 15 is 0 Å². The first-order chi connectivity index (χ1) is 15.0. The van der Waals surface area contributed by atoms with Crippen LogP contribution in [0.3, 0.4) is 0 Å². The summed E-state index contributed by atoms with van der Waals surface area (Å²) < 4.78 is 5.47. The Labute approximate surface area is 190 Å². The van der Waals surface area contributed by atoms with E-state index in [1.165, 1.54) is 6.07 Å². The molecule has 2 aromatic carbocycles.